The number of nitrogens with zero attached hydrogens (tertiary/aromatic N) is 1. The number of hydrogen-bond acceptors (Lipinski definition) is 1. The molecule has 0 amide bonds. The van der Waals surface area contributed by atoms with Crippen LogP contribution in [0.4, 0.5) is 11.4 Å². The average molecular weight is 468 g/mol. The van der Waals surface area contributed by atoms with Crippen LogP contribution in [-0.2, 0) is 5.41 Å². The first-order valence-corrected chi connectivity index (χ1v) is 13.0. The molecule has 0 radical (unpaired) electrons. The maximum Gasteiger partial charge on any atom is 0.0444 e. The summed E-state index contributed by atoms with van der Waals surface area (Å²) in [6.07, 6.45) is 5.87. The van der Waals surface area contributed by atoms with Gasteiger partial charge in [0.15, 0.2) is 0 Å². The standard InChI is InChI=1S/C35H33N/c1-25-10-9-13-30(22-25)36(29-19-17-28(18-20-29)27-11-5-4-6-12-27)24-26-16-21-32-31-14-7-8-15-33(31)35(2,3)34(32)23-26/h4-22,34H,23-24H2,1-3H3. The molecule has 0 saturated carbocycles. The highest BCUT2D eigenvalue weighted by molar-refractivity contribution is 5.80. The van der Waals surface area contributed by atoms with Gasteiger partial charge in [0.1, 0.15) is 0 Å². The zero-order valence-electron chi connectivity index (χ0n) is 21.4. The van der Waals surface area contributed by atoms with E-state index in [1.165, 1.54) is 50.3 Å². The molecule has 1 heteroatoms. The van der Waals surface area contributed by atoms with Crippen LogP contribution in [0, 0.1) is 12.8 Å². The van der Waals surface area contributed by atoms with E-state index in [-0.39, 0.29) is 5.41 Å². The SMILES string of the molecule is Cc1cccc(N(CC2=CC=C3c4ccccc4C(C)(C)C3C2)c2ccc(-c3ccccc3)cc2)c1. The molecule has 1 atom stereocenters. The highest BCUT2D eigenvalue weighted by atomic mass is 15.1. The van der Waals surface area contributed by atoms with E-state index in [9.17, 15) is 0 Å². The van der Waals surface area contributed by atoms with Crippen molar-refractivity contribution in [2.24, 2.45) is 5.92 Å². The lowest BCUT2D eigenvalue weighted by Gasteiger charge is -2.34. The van der Waals surface area contributed by atoms with Crippen LogP contribution in [0.3, 0.4) is 0 Å². The molecule has 2 aliphatic carbocycles. The molecule has 6 rings (SSSR count). The van der Waals surface area contributed by atoms with Gasteiger partial charge in [0.25, 0.3) is 0 Å². The van der Waals surface area contributed by atoms with E-state index in [1.54, 1.807) is 0 Å². The fourth-order valence-electron chi connectivity index (χ4n) is 6.08. The van der Waals surface area contributed by atoms with E-state index in [4.69, 9.17) is 0 Å². The number of rotatable bonds is 5. The van der Waals surface area contributed by atoms with Crippen molar-refractivity contribution in [2.45, 2.75) is 32.6 Å². The van der Waals surface area contributed by atoms with Gasteiger partial charge in [-0.3, -0.25) is 0 Å². The summed E-state index contributed by atoms with van der Waals surface area (Å²) in [6.45, 7) is 7.90. The summed E-state index contributed by atoms with van der Waals surface area (Å²) in [5, 5.41) is 0. The quantitative estimate of drug-likeness (QED) is 0.283. The van der Waals surface area contributed by atoms with Gasteiger partial charge in [-0.1, -0.05) is 105 Å². The molecule has 0 saturated heterocycles. The summed E-state index contributed by atoms with van der Waals surface area (Å²) in [7, 11) is 0. The second-order valence-electron chi connectivity index (χ2n) is 10.8. The van der Waals surface area contributed by atoms with Gasteiger partial charge < -0.3 is 4.90 Å². The summed E-state index contributed by atoms with van der Waals surface area (Å²) >= 11 is 0. The third-order valence-electron chi connectivity index (χ3n) is 8.10. The minimum Gasteiger partial charge on any atom is -0.337 e. The second kappa shape index (κ2) is 8.99. The zero-order chi connectivity index (χ0) is 24.7. The lowest BCUT2D eigenvalue weighted by molar-refractivity contribution is 0.406. The fraction of sp³-hybridized carbons (Fsp3) is 0.200. The molecule has 0 heterocycles. The molecule has 0 N–H and O–H groups in total. The summed E-state index contributed by atoms with van der Waals surface area (Å²) in [4.78, 5) is 2.47. The Balaban J connectivity index is 1.34. The summed E-state index contributed by atoms with van der Waals surface area (Å²) < 4.78 is 0. The smallest absolute Gasteiger partial charge is 0.0444 e. The molecule has 0 aliphatic heterocycles. The molecule has 0 aromatic heterocycles. The van der Waals surface area contributed by atoms with Gasteiger partial charge in [-0.2, -0.15) is 0 Å². The van der Waals surface area contributed by atoms with Crippen molar-refractivity contribution in [2.75, 3.05) is 11.4 Å². The molecule has 1 nitrogen and oxygen atoms in total. The van der Waals surface area contributed by atoms with E-state index in [1.807, 2.05) is 0 Å². The minimum atomic E-state index is 0.146. The number of anilines is 2. The van der Waals surface area contributed by atoms with E-state index >= 15 is 0 Å². The summed E-state index contributed by atoms with van der Waals surface area (Å²) in [6, 6.07) is 37.5. The van der Waals surface area contributed by atoms with Gasteiger partial charge in [-0.25, -0.2) is 0 Å². The lowest BCUT2D eigenvalue weighted by atomic mass is 9.73. The van der Waals surface area contributed by atoms with Crippen molar-refractivity contribution in [1.82, 2.24) is 0 Å². The predicted octanol–water partition coefficient (Wildman–Crippen LogP) is 9.12. The van der Waals surface area contributed by atoms with Crippen molar-refractivity contribution in [1.29, 1.82) is 0 Å². The van der Waals surface area contributed by atoms with Crippen molar-refractivity contribution in [3.8, 4) is 11.1 Å². The average Bonchev–Trinajstić information content (AvgIpc) is 3.14. The van der Waals surface area contributed by atoms with Gasteiger partial charge in [-0.15, -0.1) is 0 Å². The zero-order valence-corrected chi connectivity index (χ0v) is 21.4. The Kier molecular flexibility index (Phi) is 5.64. The number of benzene rings is 4. The molecule has 4 aromatic rings. The van der Waals surface area contributed by atoms with Gasteiger partial charge in [0.2, 0.25) is 0 Å². The second-order valence-corrected chi connectivity index (χ2v) is 10.8. The predicted molar refractivity (Wildman–Crippen MR) is 154 cm³/mol. The Morgan fingerprint density at radius 3 is 2.22 bits per heavy atom. The number of fused-ring (bicyclic) bond motifs is 3. The van der Waals surface area contributed by atoms with E-state index < -0.39 is 0 Å². The third kappa shape index (κ3) is 3.99. The van der Waals surface area contributed by atoms with E-state index in [2.05, 4.69) is 141 Å². The number of allylic oxidation sites excluding steroid dienone is 3. The Bertz CT molecular complexity index is 1450. The molecule has 4 aromatic carbocycles. The molecular weight excluding hydrogens is 434 g/mol. The van der Waals surface area contributed by atoms with Gasteiger partial charge in [0, 0.05) is 17.9 Å². The maximum atomic E-state index is 2.47. The number of hydrogen-bond donors (Lipinski definition) is 0. The Hall–Kier alpha value is -3.84. The Morgan fingerprint density at radius 1 is 0.722 bits per heavy atom. The highest BCUT2D eigenvalue weighted by Gasteiger charge is 2.43. The first-order chi connectivity index (χ1) is 17.5. The molecule has 0 bridgehead atoms. The minimum absolute atomic E-state index is 0.146. The van der Waals surface area contributed by atoms with Crippen LogP contribution >= 0.6 is 0 Å². The molecule has 178 valence electrons. The lowest BCUT2D eigenvalue weighted by Crippen LogP contribution is -2.28. The van der Waals surface area contributed by atoms with Crippen LogP contribution in [0.15, 0.2) is 121 Å². The van der Waals surface area contributed by atoms with E-state index in [0.29, 0.717) is 5.92 Å². The van der Waals surface area contributed by atoms with Crippen LogP contribution in [0.5, 0.6) is 0 Å². The number of aryl methyl sites for hydroxylation is 1. The van der Waals surface area contributed by atoms with Crippen LogP contribution in [0.25, 0.3) is 16.7 Å². The fourth-order valence-corrected chi connectivity index (χ4v) is 6.08. The molecule has 2 aliphatic rings. The first-order valence-electron chi connectivity index (χ1n) is 13.0. The molecule has 0 fully saturated rings. The first kappa shape index (κ1) is 22.6. The van der Waals surface area contributed by atoms with Crippen LogP contribution < -0.4 is 4.90 Å². The third-order valence-corrected chi connectivity index (χ3v) is 8.10. The summed E-state index contributed by atoms with van der Waals surface area (Å²) in [5.74, 6) is 0.523. The molecule has 1 unspecified atom stereocenters. The monoisotopic (exact) mass is 467 g/mol. The normalized spacial score (nSPS) is 17.6. The van der Waals surface area contributed by atoms with Crippen LogP contribution in [0.1, 0.15) is 37.0 Å². The molecule has 36 heavy (non-hydrogen) atoms. The van der Waals surface area contributed by atoms with Gasteiger partial charge >= 0.3 is 0 Å². The van der Waals surface area contributed by atoms with Crippen LogP contribution in [0.2, 0.25) is 0 Å². The van der Waals surface area contributed by atoms with Crippen molar-refractivity contribution >= 4 is 16.9 Å². The van der Waals surface area contributed by atoms with Gasteiger partial charge in [-0.05, 0) is 87.9 Å². The topological polar surface area (TPSA) is 3.24 Å². The Morgan fingerprint density at radius 2 is 1.44 bits per heavy atom. The Labute approximate surface area is 215 Å². The van der Waals surface area contributed by atoms with Gasteiger partial charge in [0.05, 0.1) is 0 Å². The highest BCUT2D eigenvalue weighted by Crippen LogP contribution is 2.53. The van der Waals surface area contributed by atoms with Crippen LogP contribution in [-0.4, -0.2) is 6.54 Å². The van der Waals surface area contributed by atoms with Crippen molar-refractivity contribution in [3.05, 3.63) is 138 Å². The largest absolute Gasteiger partial charge is 0.337 e. The molecule has 0 spiro atoms. The van der Waals surface area contributed by atoms with Crippen molar-refractivity contribution in [3.63, 3.8) is 0 Å². The maximum absolute atomic E-state index is 2.47. The molecular formula is C35H33N. The van der Waals surface area contributed by atoms with E-state index in [0.717, 1.165) is 13.0 Å². The summed E-state index contributed by atoms with van der Waals surface area (Å²) in [5.41, 5.74) is 12.3. The van der Waals surface area contributed by atoms with Crippen molar-refractivity contribution < 1.29 is 0 Å².